The van der Waals surface area contributed by atoms with Crippen molar-refractivity contribution in [1.29, 1.82) is 0 Å². The predicted molar refractivity (Wildman–Crippen MR) is 102 cm³/mol. The van der Waals surface area contributed by atoms with Crippen LogP contribution in [0.25, 0.3) is 0 Å². The Morgan fingerprint density at radius 1 is 1.04 bits per heavy atom. The molecule has 27 heavy (non-hydrogen) atoms. The molecule has 1 aromatic carbocycles. The van der Waals surface area contributed by atoms with Crippen LogP contribution in [0.2, 0.25) is 0 Å². The highest BCUT2D eigenvalue weighted by Gasteiger charge is 2.35. The number of aryl methyl sites for hydroxylation is 1. The molecule has 2 fully saturated rings. The van der Waals surface area contributed by atoms with Crippen LogP contribution in [0.1, 0.15) is 31.5 Å². The Labute approximate surface area is 159 Å². The first kappa shape index (κ1) is 18.1. The number of benzene rings is 1. The van der Waals surface area contributed by atoms with E-state index in [0.29, 0.717) is 18.3 Å². The molecule has 1 amide bonds. The van der Waals surface area contributed by atoms with Gasteiger partial charge in [0, 0.05) is 44.8 Å². The van der Waals surface area contributed by atoms with E-state index in [1.165, 1.54) is 0 Å². The molecule has 3 heterocycles. The van der Waals surface area contributed by atoms with E-state index >= 15 is 0 Å². The summed E-state index contributed by atoms with van der Waals surface area (Å²) >= 11 is 0. The number of carbonyl (C=O) groups is 1. The van der Waals surface area contributed by atoms with Gasteiger partial charge in [-0.2, -0.15) is 0 Å². The lowest BCUT2D eigenvalue weighted by atomic mass is 10.0. The zero-order chi connectivity index (χ0) is 18.6. The number of para-hydroxylation sites is 1. The van der Waals surface area contributed by atoms with Crippen molar-refractivity contribution in [3.63, 3.8) is 0 Å². The van der Waals surface area contributed by atoms with Crippen molar-refractivity contribution in [2.24, 2.45) is 0 Å². The lowest BCUT2D eigenvalue weighted by Gasteiger charge is -2.42. The summed E-state index contributed by atoms with van der Waals surface area (Å²) in [6.45, 7) is 7.14. The molecule has 0 bridgehead atoms. The third kappa shape index (κ3) is 4.04. The molecule has 4 rings (SSSR count). The van der Waals surface area contributed by atoms with Crippen LogP contribution in [0, 0.1) is 0 Å². The largest absolute Gasteiger partial charge is 0.424 e. The molecule has 0 aliphatic carbocycles. The number of aromatic nitrogens is 2. The van der Waals surface area contributed by atoms with Crippen molar-refractivity contribution in [2.75, 3.05) is 37.6 Å². The van der Waals surface area contributed by atoms with Crippen LogP contribution >= 0.6 is 0 Å². The number of amides is 1. The van der Waals surface area contributed by atoms with Crippen LogP contribution in [-0.2, 0) is 17.8 Å². The SMILES string of the molecule is CCc1nnc(CN2CCN(C3CCCN(c4ccccc4)C3=O)CC2)o1. The van der Waals surface area contributed by atoms with Crippen LogP contribution in [0.3, 0.4) is 0 Å². The Morgan fingerprint density at radius 3 is 2.48 bits per heavy atom. The Kier molecular flexibility index (Phi) is 5.50. The minimum absolute atomic E-state index is 0.00351. The number of rotatable bonds is 5. The van der Waals surface area contributed by atoms with Crippen LogP contribution in [0.15, 0.2) is 34.7 Å². The van der Waals surface area contributed by atoms with Crippen molar-refractivity contribution < 1.29 is 9.21 Å². The molecule has 0 radical (unpaired) electrons. The second-order valence-corrected chi connectivity index (χ2v) is 7.24. The number of hydrogen-bond acceptors (Lipinski definition) is 6. The second kappa shape index (κ2) is 8.19. The molecule has 2 aromatic rings. The van der Waals surface area contributed by atoms with Crippen LogP contribution in [0.4, 0.5) is 5.69 Å². The summed E-state index contributed by atoms with van der Waals surface area (Å²) < 4.78 is 5.62. The third-order valence-corrected chi connectivity index (χ3v) is 5.50. The van der Waals surface area contributed by atoms with Gasteiger partial charge < -0.3 is 9.32 Å². The highest BCUT2D eigenvalue weighted by atomic mass is 16.4. The Morgan fingerprint density at radius 2 is 1.78 bits per heavy atom. The van der Waals surface area contributed by atoms with Gasteiger partial charge >= 0.3 is 0 Å². The van der Waals surface area contributed by atoms with Crippen molar-refractivity contribution in [3.8, 4) is 0 Å². The Bertz CT molecular complexity index is 755. The highest BCUT2D eigenvalue weighted by Crippen LogP contribution is 2.24. The van der Waals surface area contributed by atoms with Gasteiger partial charge in [0.1, 0.15) is 0 Å². The molecule has 0 N–H and O–H groups in total. The van der Waals surface area contributed by atoms with Crippen LogP contribution < -0.4 is 4.90 Å². The van der Waals surface area contributed by atoms with Crippen LogP contribution in [-0.4, -0.2) is 64.7 Å². The average molecular weight is 369 g/mol. The Hall–Kier alpha value is -2.25. The van der Waals surface area contributed by atoms with E-state index in [0.717, 1.165) is 57.7 Å². The third-order valence-electron chi connectivity index (χ3n) is 5.50. The summed E-state index contributed by atoms with van der Waals surface area (Å²) in [6, 6.07) is 10.0. The maximum Gasteiger partial charge on any atom is 0.244 e. The van der Waals surface area contributed by atoms with Gasteiger partial charge in [-0.3, -0.25) is 14.6 Å². The quantitative estimate of drug-likeness (QED) is 0.803. The van der Waals surface area contributed by atoms with Gasteiger partial charge in [-0.1, -0.05) is 25.1 Å². The molecule has 0 spiro atoms. The van der Waals surface area contributed by atoms with E-state index in [1.54, 1.807) is 0 Å². The van der Waals surface area contributed by atoms with Crippen molar-refractivity contribution >= 4 is 11.6 Å². The van der Waals surface area contributed by atoms with E-state index < -0.39 is 0 Å². The lowest BCUT2D eigenvalue weighted by Crippen LogP contribution is -2.57. The fraction of sp³-hybridized carbons (Fsp3) is 0.550. The lowest BCUT2D eigenvalue weighted by molar-refractivity contribution is -0.126. The number of hydrogen-bond donors (Lipinski definition) is 0. The van der Waals surface area contributed by atoms with Crippen molar-refractivity contribution in [3.05, 3.63) is 42.1 Å². The smallest absolute Gasteiger partial charge is 0.244 e. The Balaban J connectivity index is 1.34. The summed E-state index contributed by atoms with van der Waals surface area (Å²) in [5, 5.41) is 8.14. The fourth-order valence-electron chi connectivity index (χ4n) is 3.98. The first-order chi connectivity index (χ1) is 13.2. The normalized spacial score (nSPS) is 22.3. The predicted octanol–water partition coefficient (Wildman–Crippen LogP) is 1.95. The van der Waals surface area contributed by atoms with E-state index in [4.69, 9.17) is 4.42 Å². The van der Waals surface area contributed by atoms with Crippen molar-refractivity contribution in [2.45, 2.75) is 38.8 Å². The minimum atomic E-state index is -0.00351. The molecule has 144 valence electrons. The summed E-state index contributed by atoms with van der Waals surface area (Å²) in [4.78, 5) is 19.7. The van der Waals surface area contributed by atoms with E-state index in [1.807, 2.05) is 42.2 Å². The van der Waals surface area contributed by atoms with Gasteiger partial charge in [0.05, 0.1) is 12.6 Å². The molecule has 7 nitrogen and oxygen atoms in total. The first-order valence-electron chi connectivity index (χ1n) is 9.88. The number of anilines is 1. The van der Waals surface area contributed by atoms with Gasteiger partial charge in [0.15, 0.2) is 0 Å². The average Bonchev–Trinajstić information content (AvgIpc) is 3.17. The zero-order valence-electron chi connectivity index (χ0n) is 15.9. The van der Waals surface area contributed by atoms with E-state index in [2.05, 4.69) is 20.0 Å². The maximum absolute atomic E-state index is 13.1. The topological polar surface area (TPSA) is 65.7 Å². The number of nitrogens with zero attached hydrogens (tertiary/aromatic N) is 5. The van der Waals surface area contributed by atoms with E-state index in [-0.39, 0.29) is 11.9 Å². The molecule has 1 unspecified atom stereocenters. The van der Waals surface area contributed by atoms with Crippen LogP contribution in [0.5, 0.6) is 0 Å². The summed E-state index contributed by atoms with van der Waals surface area (Å²) in [6.07, 6.45) is 2.77. The van der Waals surface area contributed by atoms with Crippen molar-refractivity contribution in [1.82, 2.24) is 20.0 Å². The van der Waals surface area contributed by atoms with Gasteiger partial charge in [0.2, 0.25) is 17.7 Å². The monoisotopic (exact) mass is 369 g/mol. The molecule has 0 saturated carbocycles. The summed E-state index contributed by atoms with van der Waals surface area (Å²) in [5.74, 6) is 1.62. The summed E-state index contributed by atoms with van der Waals surface area (Å²) in [5.41, 5.74) is 1.01. The van der Waals surface area contributed by atoms with Gasteiger partial charge in [-0.15, -0.1) is 10.2 Å². The number of piperazine rings is 1. The number of carbonyl (C=O) groups excluding carboxylic acids is 1. The molecule has 2 saturated heterocycles. The summed E-state index contributed by atoms with van der Waals surface area (Å²) in [7, 11) is 0. The molecular formula is C20H27N5O2. The second-order valence-electron chi connectivity index (χ2n) is 7.24. The molecule has 1 atom stereocenters. The minimum Gasteiger partial charge on any atom is -0.424 e. The van der Waals surface area contributed by atoms with Gasteiger partial charge in [0.25, 0.3) is 0 Å². The van der Waals surface area contributed by atoms with Gasteiger partial charge in [-0.25, -0.2) is 0 Å². The molecule has 2 aliphatic rings. The molecular weight excluding hydrogens is 342 g/mol. The van der Waals surface area contributed by atoms with Gasteiger partial charge in [-0.05, 0) is 25.0 Å². The molecule has 1 aromatic heterocycles. The molecule has 2 aliphatic heterocycles. The standard InChI is InChI=1S/C20H27N5O2/c1-2-18-21-22-19(27-18)15-23-11-13-24(14-12-23)17-9-6-10-25(20(17)26)16-7-4-3-5-8-16/h3-5,7-8,17H,2,6,9-15H2,1H3. The fourth-order valence-corrected chi connectivity index (χ4v) is 3.98. The zero-order valence-corrected chi connectivity index (χ0v) is 15.9. The first-order valence-corrected chi connectivity index (χ1v) is 9.88. The number of piperidine rings is 1. The van der Waals surface area contributed by atoms with E-state index in [9.17, 15) is 4.79 Å². The molecule has 7 heteroatoms. The highest BCUT2D eigenvalue weighted by molar-refractivity contribution is 5.97. The maximum atomic E-state index is 13.1.